The Morgan fingerprint density at radius 1 is 1.00 bits per heavy atom. The van der Waals surface area contributed by atoms with Crippen LogP contribution in [0.15, 0.2) is 58.3 Å². The van der Waals surface area contributed by atoms with Gasteiger partial charge in [-0.3, -0.25) is 0 Å². The SMILES string of the molecule is CCCOC(=O)COc1ccc(S(=O)(=O)c2ccc(O)cc2)cc1. The minimum Gasteiger partial charge on any atom is -0.508 e. The smallest absolute Gasteiger partial charge is 0.344 e. The average Bonchev–Trinajstić information content (AvgIpc) is 2.59. The van der Waals surface area contributed by atoms with Crippen molar-refractivity contribution >= 4 is 15.8 Å². The van der Waals surface area contributed by atoms with Gasteiger partial charge in [0.1, 0.15) is 11.5 Å². The molecule has 0 radical (unpaired) electrons. The molecule has 2 rings (SSSR count). The lowest BCUT2D eigenvalue weighted by Crippen LogP contribution is -2.15. The van der Waals surface area contributed by atoms with Crippen molar-refractivity contribution in [2.45, 2.75) is 23.1 Å². The van der Waals surface area contributed by atoms with Crippen LogP contribution in [0.2, 0.25) is 0 Å². The van der Waals surface area contributed by atoms with Gasteiger partial charge in [-0.2, -0.15) is 0 Å². The number of rotatable bonds is 7. The van der Waals surface area contributed by atoms with Gasteiger partial charge >= 0.3 is 5.97 Å². The molecule has 0 bridgehead atoms. The molecule has 128 valence electrons. The largest absolute Gasteiger partial charge is 0.508 e. The number of carbonyl (C=O) groups is 1. The third-order valence-electron chi connectivity index (χ3n) is 3.10. The van der Waals surface area contributed by atoms with E-state index in [2.05, 4.69) is 0 Å². The van der Waals surface area contributed by atoms with E-state index in [0.29, 0.717) is 12.4 Å². The van der Waals surface area contributed by atoms with Crippen LogP contribution >= 0.6 is 0 Å². The average molecular weight is 350 g/mol. The van der Waals surface area contributed by atoms with Crippen LogP contribution in [0.3, 0.4) is 0 Å². The van der Waals surface area contributed by atoms with E-state index in [9.17, 15) is 18.3 Å². The summed E-state index contributed by atoms with van der Waals surface area (Å²) in [4.78, 5) is 11.5. The molecule has 0 heterocycles. The molecule has 0 atom stereocenters. The predicted octanol–water partition coefficient (Wildman–Crippen LogP) is 2.56. The van der Waals surface area contributed by atoms with Crippen LogP contribution in [-0.2, 0) is 19.4 Å². The number of phenols is 1. The zero-order chi connectivity index (χ0) is 17.6. The molecule has 0 fully saturated rings. The number of carbonyl (C=O) groups excluding carboxylic acids is 1. The molecule has 0 aromatic heterocycles. The van der Waals surface area contributed by atoms with Crippen LogP contribution < -0.4 is 4.74 Å². The van der Waals surface area contributed by atoms with Crippen molar-refractivity contribution in [3.05, 3.63) is 48.5 Å². The second-order valence-corrected chi connectivity index (χ2v) is 6.93. The summed E-state index contributed by atoms with van der Waals surface area (Å²) in [5, 5.41) is 9.24. The molecule has 6 nitrogen and oxygen atoms in total. The Balaban J connectivity index is 2.06. The Hall–Kier alpha value is -2.54. The second-order valence-electron chi connectivity index (χ2n) is 4.98. The van der Waals surface area contributed by atoms with E-state index < -0.39 is 15.8 Å². The molecule has 0 aliphatic heterocycles. The molecule has 2 aromatic carbocycles. The van der Waals surface area contributed by atoms with Crippen LogP contribution in [-0.4, -0.2) is 32.7 Å². The predicted molar refractivity (Wildman–Crippen MR) is 86.7 cm³/mol. The van der Waals surface area contributed by atoms with Crippen LogP contribution in [0, 0.1) is 0 Å². The van der Waals surface area contributed by atoms with E-state index in [0.717, 1.165) is 6.42 Å². The molecule has 0 amide bonds. The fourth-order valence-electron chi connectivity index (χ4n) is 1.88. The summed E-state index contributed by atoms with van der Waals surface area (Å²) >= 11 is 0. The third-order valence-corrected chi connectivity index (χ3v) is 4.89. The van der Waals surface area contributed by atoms with Gasteiger partial charge in [0.05, 0.1) is 16.4 Å². The highest BCUT2D eigenvalue weighted by Gasteiger charge is 2.17. The minimum atomic E-state index is -3.67. The van der Waals surface area contributed by atoms with Crippen LogP contribution in [0.25, 0.3) is 0 Å². The summed E-state index contributed by atoms with van der Waals surface area (Å²) in [6.07, 6.45) is 0.732. The van der Waals surface area contributed by atoms with E-state index in [1.165, 1.54) is 48.5 Å². The molecule has 2 aromatic rings. The Morgan fingerprint density at radius 3 is 2.08 bits per heavy atom. The number of sulfone groups is 1. The van der Waals surface area contributed by atoms with Gasteiger partial charge in [-0.05, 0) is 55.0 Å². The number of hydrogen-bond acceptors (Lipinski definition) is 6. The fraction of sp³-hybridized carbons (Fsp3) is 0.235. The van der Waals surface area contributed by atoms with E-state index in [1.54, 1.807) is 0 Å². The van der Waals surface area contributed by atoms with Crippen molar-refractivity contribution in [2.75, 3.05) is 13.2 Å². The molecule has 0 saturated carbocycles. The first-order valence-corrected chi connectivity index (χ1v) is 8.84. The Kier molecular flexibility index (Phi) is 5.81. The summed E-state index contributed by atoms with van der Waals surface area (Å²) in [7, 11) is -3.67. The molecule has 0 spiro atoms. The maximum absolute atomic E-state index is 12.4. The number of phenolic OH excluding ortho intramolecular Hbond substituents is 1. The van der Waals surface area contributed by atoms with Crippen LogP contribution in [0.1, 0.15) is 13.3 Å². The summed E-state index contributed by atoms with van der Waals surface area (Å²) in [6, 6.07) is 11.0. The molecule has 7 heteroatoms. The van der Waals surface area contributed by atoms with Gasteiger partial charge in [0, 0.05) is 0 Å². The van der Waals surface area contributed by atoms with E-state index in [-0.39, 0.29) is 22.1 Å². The van der Waals surface area contributed by atoms with E-state index in [4.69, 9.17) is 9.47 Å². The monoisotopic (exact) mass is 350 g/mol. The van der Waals surface area contributed by atoms with Crippen molar-refractivity contribution in [3.8, 4) is 11.5 Å². The molecular formula is C17H18O6S. The van der Waals surface area contributed by atoms with Gasteiger partial charge < -0.3 is 14.6 Å². The number of benzene rings is 2. The van der Waals surface area contributed by atoms with Crippen molar-refractivity contribution in [3.63, 3.8) is 0 Å². The zero-order valence-corrected chi connectivity index (χ0v) is 14.0. The second kappa shape index (κ2) is 7.83. The Bertz CT molecular complexity index is 779. The first kappa shape index (κ1) is 17.8. The highest BCUT2D eigenvalue weighted by molar-refractivity contribution is 7.91. The van der Waals surface area contributed by atoms with Crippen molar-refractivity contribution in [1.82, 2.24) is 0 Å². The van der Waals surface area contributed by atoms with Gasteiger partial charge in [0.2, 0.25) is 9.84 Å². The van der Waals surface area contributed by atoms with Crippen LogP contribution in [0.5, 0.6) is 11.5 Å². The lowest BCUT2D eigenvalue weighted by Gasteiger charge is -2.08. The molecule has 0 saturated heterocycles. The van der Waals surface area contributed by atoms with Crippen molar-refractivity contribution < 1.29 is 27.8 Å². The summed E-state index contributed by atoms with van der Waals surface area (Å²) in [6.45, 7) is 2.00. The number of hydrogen-bond donors (Lipinski definition) is 1. The lowest BCUT2D eigenvalue weighted by atomic mass is 10.3. The maximum atomic E-state index is 12.4. The maximum Gasteiger partial charge on any atom is 0.344 e. The topological polar surface area (TPSA) is 89.9 Å². The molecule has 0 aliphatic rings. The first-order chi connectivity index (χ1) is 11.4. The number of ether oxygens (including phenoxy) is 2. The summed E-state index contributed by atoms with van der Waals surface area (Å²) in [5.41, 5.74) is 0. The molecule has 0 unspecified atom stereocenters. The van der Waals surface area contributed by atoms with E-state index >= 15 is 0 Å². The minimum absolute atomic E-state index is 0.00680. The van der Waals surface area contributed by atoms with Gasteiger partial charge in [0.25, 0.3) is 0 Å². The summed E-state index contributed by atoms with van der Waals surface area (Å²) in [5.74, 6) is -0.113. The quantitative estimate of drug-likeness (QED) is 0.772. The Labute approximate surface area is 140 Å². The van der Waals surface area contributed by atoms with Gasteiger partial charge in [-0.15, -0.1) is 0 Å². The highest BCUT2D eigenvalue weighted by Crippen LogP contribution is 2.24. The Morgan fingerprint density at radius 2 is 1.54 bits per heavy atom. The normalized spacial score (nSPS) is 11.0. The molecule has 24 heavy (non-hydrogen) atoms. The van der Waals surface area contributed by atoms with Crippen molar-refractivity contribution in [1.29, 1.82) is 0 Å². The standard InChI is InChI=1S/C17H18O6S/c1-2-11-22-17(19)12-23-14-5-9-16(10-6-14)24(20,21)15-7-3-13(18)4-8-15/h3-10,18H,2,11-12H2,1H3. The number of aromatic hydroxyl groups is 1. The molecule has 0 aliphatic carbocycles. The number of esters is 1. The van der Waals surface area contributed by atoms with Gasteiger partial charge in [-0.1, -0.05) is 6.92 Å². The fourth-order valence-corrected chi connectivity index (χ4v) is 3.14. The van der Waals surface area contributed by atoms with E-state index in [1.807, 2.05) is 6.92 Å². The first-order valence-electron chi connectivity index (χ1n) is 7.36. The zero-order valence-electron chi connectivity index (χ0n) is 13.1. The van der Waals surface area contributed by atoms with Crippen molar-refractivity contribution in [2.24, 2.45) is 0 Å². The van der Waals surface area contributed by atoms with Crippen LogP contribution in [0.4, 0.5) is 0 Å². The highest BCUT2D eigenvalue weighted by atomic mass is 32.2. The van der Waals surface area contributed by atoms with Gasteiger partial charge in [-0.25, -0.2) is 13.2 Å². The summed E-state index contributed by atoms with van der Waals surface area (Å²) < 4.78 is 35.0. The molecular weight excluding hydrogens is 332 g/mol. The lowest BCUT2D eigenvalue weighted by molar-refractivity contribution is -0.146. The third kappa shape index (κ3) is 4.48. The van der Waals surface area contributed by atoms with Gasteiger partial charge in [0.15, 0.2) is 6.61 Å². The molecule has 1 N–H and O–H groups in total.